The molecule has 0 aliphatic carbocycles. The molecule has 0 atom stereocenters. The smallest absolute Gasteiger partial charge is 0.410 e. The molecule has 2 saturated heterocycles. The lowest BCUT2D eigenvalue weighted by molar-refractivity contribution is 0.0367. The van der Waals surface area contributed by atoms with Crippen LogP contribution in [0, 0.1) is 5.82 Å². The molecule has 12 heteroatoms. The summed E-state index contributed by atoms with van der Waals surface area (Å²) in [6, 6.07) is 1.81. The molecule has 2 fully saturated rings. The first kappa shape index (κ1) is 20.0. The molecule has 3 aromatic rings. The lowest BCUT2D eigenvalue weighted by Gasteiger charge is -2.39. The van der Waals surface area contributed by atoms with Gasteiger partial charge in [-0.1, -0.05) is 0 Å². The van der Waals surface area contributed by atoms with Gasteiger partial charge >= 0.3 is 6.09 Å². The van der Waals surface area contributed by atoms with Gasteiger partial charge in [0.05, 0.1) is 36.5 Å². The third kappa shape index (κ3) is 3.33. The Hall–Kier alpha value is -3.96. The van der Waals surface area contributed by atoms with E-state index in [0.29, 0.717) is 38.2 Å². The first-order chi connectivity index (χ1) is 15.3. The van der Waals surface area contributed by atoms with Crippen LogP contribution in [0.2, 0.25) is 0 Å². The van der Waals surface area contributed by atoms with E-state index in [1.54, 1.807) is 24.3 Å². The third-order valence-electron chi connectivity index (χ3n) is 5.90. The number of nitrogen functional groups attached to an aromatic ring is 1. The second-order valence-corrected chi connectivity index (χ2v) is 8.04. The van der Waals surface area contributed by atoms with Crippen molar-refractivity contribution < 1.29 is 18.7 Å². The Bertz CT molecular complexity index is 1220. The number of pyridine rings is 1. The molecule has 2 amide bonds. The summed E-state index contributed by atoms with van der Waals surface area (Å²) in [5, 5.41) is 6.79. The number of nitrogens with one attached hydrogen (secondary N) is 1. The number of rotatable bonds is 3. The molecule has 0 radical (unpaired) electrons. The van der Waals surface area contributed by atoms with E-state index in [4.69, 9.17) is 10.5 Å². The number of carbonyl (C=O) groups is 2. The molecule has 5 rings (SSSR count). The normalized spacial score (nSPS) is 17.8. The number of amides is 2. The summed E-state index contributed by atoms with van der Waals surface area (Å²) in [4.78, 5) is 36.6. The van der Waals surface area contributed by atoms with Crippen molar-refractivity contribution in [1.29, 1.82) is 0 Å². The van der Waals surface area contributed by atoms with Gasteiger partial charge in [0.1, 0.15) is 11.2 Å². The van der Waals surface area contributed by atoms with Crippen LogP contribution in [-0.4, -0.2) is 68.8 Å². The fourth-order valence-electron chi connectivity index (χ4n) is 4.30. The molecular weight excluding hydrogens is 419 g/mol. The summed E-state index contributed by atoms with van der Waals surface area (Å²) in [6.07, 6.45) is 6.35. The molecule has 0 unspecified atom stereocenters. The number of fused-ring (bicyclic) bond motifs is 1. The molecule has 166 valence electrons. The molecule has 3 N–H and O–H groups in total. The fourth-order valence-corrected chi connectivity index (χ4v) is 4.30. The second kappa shape index (κ2) is 7.32. The predicted octanol–water partition coefficient (Wildman–Crippen LogP) is 1.52. The van der Waals surface area contributed by atoms with Gasteiger partial charge in [-0.2, -0.15) is 0 Å². The molecule has 3 aromatic heterocycles. The van der Waals surface area contributed by atoms with Crippen LogP contribution in [0.4, 0.5) is 26.4 Å². The van der Waals surface area contributed by atoms with Crippen LogP contribution in [0.5, 0.6) is 0 Å². The Balaban J connectivity index is 1.37. The Morgan fingerprint density at radius 3 is 2.81 bits per heavy atom. The zero-order chi connectivity index (χ0) is 22.5. The van der Waals surface area contributed by atoms with Gasteiger partial charge in [0.2, 0.25) is 0 Å². The van der Waals surface area contributed by atoms with Crippen molar-refractivity contribution in [3.8, 4) is 0 Å². The van der Waals surface area contributed by atoms with Crippen LogP contribution < -0.4 is 16.0 Å². The maximum atomic E-state index is 13.4. The molecule has 1 spiro atoms. The molecule has 0 aromatic carbocycles. The predicted molar refractivity (Wildman–Crippen MR) is 113 cm³/mol. The zero-order valence-electron chi connectivity index (χ0n) is 17.3. The van der Waals surface area contributed by atoms with E-state index in [1.165, 1.54) is 0 Å². The summed E-state index contributed by atoms with van der Waals surface area (Å²) in [6.45, 7) is 1.86. The average molecular weight is 440 g/mol. The molecule has 32 heavy (non-hydrogen) atoms. The van der Waals surface area contributed by atoms with Gasteiger partial charge in [0, 0.05) is 39.2 Å². The minimum atomic E-state index is -0.594. The van der Waals surface area contributed by atoms with Crippen molar-refractivity contribution >= 4 is 34.8 Å². The van der Waals surface area contributed by atoms with Gasteiger partial charge in [-0.15, -0.1) is 5.10 Å². The van der Waals surface area contributed by atoms with Crippen molar-refractivity contribution in [2.24, 2.45) is 0 Å². The molecule has 5 heterocycles. The summed E-state index contributed by atoms with van der Waals surface area (Å²) in [7, 11) is 1.73. The van der Waals surface area contributed by atoms with Crippen molar-refractivity contribution in [1.82, 2.24) is 24.5 Å². The lowest BCUT2D eigenvalue weighted by atomic mass is 9.91. The quantitative estimate of drug-likeness (QED) is 0.627. The third-order valence-corrected chi connectivity index (χ3v) is 5.90. The van der Waals surface area contributed by atoms with E-state index in [-0.39, 0.29) is 23.1 Å². The number of aromatic nitrogens is 4. The minimum absolute atomic E-state index is 0.0540. The van der Waals surface area contributed by atoms with Crippen molar-refractivity contribution in [2.75, 3.05) is 42.6 Å². The number of ether oxygens (including phenoxy) is 1. The first-order valence-corrected chi connectivity index (χ1v) is 10.1. The number of hydrogen-bond donors (Lipinski definition) is 2. The number of carbonyl (C=O) groups excluding carboxylic acids is 2. The van der Waals surface area contributed by atoms with Gasteiger partial charge < -0.3 is 25.6 Å². The van der Waals surface area contributed by atoms with Gasteiger partial charge in [0.25, 0.3) is 5.91 Å². The van der Waals surface area contributed by atoms with Crippen LogP contribution in [0.25, 0.3) is 5.65 Å². The number of nitrogens with zero attached hydrogens (tertiary/aromatic N) is 6. The second-order valence-electron chi connectivity index (χ2n) is 8.04. The average Bonchev–Trinajstić information content (AvgIpc) is 3.23. The van der Waals surface area contributed by atoms with Crippen LogP contribution in [0.1, 0.15) is 23.2 Å². The van der Waals surface area contributed by atoms with Gasteiger partial charge in [-0.05, 0) is 6.07 Å². The highest BCUT2D eigenvalue weighted by atomic mass is 19.1. The highest BCUT2D eigenvalue weighted by Gasteiger charge is 2.45. The van der Waals surface area contributed by atoms with E-state index in [0.717, 1.165) is 22.6 Å². The van der Waals surface area contributed by atoms with E-state index < -0.39 is 17.3 Å². The summed E-state index contributed by atoms with van der Waals surface area (Å²) in [5.74, 6) is -1.17. The highest BCUT2D eigenvalue weighted by Crippen LogP contribution is 2.36. The zero-order valence-corrected chi connectivity index (χ0v) is 17.3. The van der Waals surface area contributed by atoms with Crippen molar-refractivity contribution in [3.63, 3.8) is 0 Å². The van der Waals surface area contributed by atoms with Crippen molar-refractivity contribution in [2.45, 2.75) is 18.4 Å². The number of piperidine rings is 1. The number of halogens is 1. The Morgan fingerprint density at radius 2 is 2.09 bits per heavy atom. The number of nitrogens with two attached hydrogens (primary N) is 1. The monoisotopic (exact) mass is 440 g/mol. The molecule has 2 aliphatic rings. The number of hydrogen-bond acceptors (Lipinski definition) is 8. The maximum absolute atomic E-state index is 13.4. The van der Waals surface area contributed by atoms with E-state index in [2.05, 4.69) is 25.3 Å². The summed E-state index contributed by atoms with van der Waals surface area (Å²) in [5.41, 5.74) is 6.92. The summed E-state index contributed by atoms with van der Waals surface area (Å²) < 4.78 is 20.2. The minimum Gasteiger partial charge on any atom is -0.441 e. The van der Waals surface area contributed by atoms with Crippen LogP contribution in [0.3, 0.4) is 0 Å². The first-order valence-electron chi connectivity index (χ1n) is 10.1. The standard InChI is InChI=1S/C20H21FN8O3/c1-27-11-20(32-19(27)31)3-6-28(7-4-20)14-2-5-23-9-13(14)25-18(30)15-16(22)26-29-10-12(21)8-24-17(15)29/h2,5,8-10H,3-4,6-7,11H2,1H3,(H2,22,26)(H,25,30). The van der Waals surface area contributed by atoms with Crippen LogP contribution in [0.15, 0.2) is 30.9 Å². The Labute approximate surface area is 182 Å². The molecular formula is C20H21FN8O3. The molecule has 0 bridgehead atoms. The molecule has 11 nitrogen and oxygen atoms in total. The molecule has 2 aliphatic heterocycles. The lowest BCUT2D eigenvalue weighted by Crippen LogP contribution is -2.47. The van der Waals surface area contributed by atoms with Crippen LogP contribution in [-0.2, 0) is 4.74 Å². The Kier molecular flexibility index (Phi) is 4.57. The highest BCUT2D eigenvalue weighted by molar-refractivity contribution is 6.12. The van der Waals surface area contributed by atoms with Crippen molar-refractivity contribution in [3.05, 3.63) is 42.2 Å². The number of anilines is 3. The Morgan fingerprint density at radius 1 is 1.31 bits per heavy atom. The topological polar surface area (TPSA) is 131 Å². The van der Waals surface area contributed by atoms with E-state index in [9.17, 15) is 14.0 Å². The SMILES string of the molecule is CN1CC2(CCN(c3ccncc3NC(=O)c3c(N)nn4cc(F)cnc34)CC2)OC1=O. The van der Waals surface area contributed by atoms with E-state index >= 15 is 0 Å². The molecule has 0 saturated carbocycles. The van der Waals surface area contributed by atoms with Gasteiger partial charge in [-0.25, -0.2) is 18.7 Å². The van der Waals surface area contributed by atoms with Crippen LogP contribution >= 0.6 is 0 Å². The van der Waals surface area contributed by atoms with E-state index in [1.807, 2.05) is 6.07 Å². The van der Waals surface area contributed by atoms with Gasteiger partial charge in [-0.3, -0.25) is 9.78 Å². The van der Waals surface area contributed by atoms with Gasteiger partial charge in [0.15, 0.2) is 17.3 Å². The summed E-state index contributed by atoms with van der Waals surface area (Å²) >= 11 is 0. The largest absolute Gasteiger partial charge is 0.441 e. The number of likely N-dealkylation sites (N-methyl/N-ethyl adjacent to an activating group) is 1. The fraction of sp³-hybridized carbons (Fsp3) is 0.350. The maximum Gasteiger partial charge on any atom is 0.410 e.